The highest BCUT2D eigenvalue weighted by Gasteiger charge is 2.20. The molecule has 114 valence electrons. The van der Waals surface area contributed by atoms with Crippen LogP contribution in [0.4, 0.5) is 0 Å². The monoisotopic (exact) mass is 284 g/mol. The molecule has 2 rings (SSSR count). The van der Waals surface area contributed by atoms with Crippen LogP contribution in [0.3, 0.4) is 0 Å². The van der Waals surface area contributed by atoms with Gasteiger partial charge < -0.3 is 9.88 Å². The van der Waals surface area contributed by atoms with Crippen molar-refractivity contribution < 1.29 is 0 Å². The maximum Gasteiger partial charge on any atom is 0.0364 e. The zero-order valence-corrected chi connectivity index (χ0v) is 13.5. The van der Waals surface area contributed by atoms with Gasteiger partial charge in [-0.15, -0.1) is 0 Å². The lowest BCUT2D eigenvalue weighted by molar-refractivity contribution is 0.336. The largest absolute Gasteiger partial charge is 0.351 e. The van der Waals surface area contributed by atoms with Crippen molar-refractivity contribution in [2.45, 2.75) is 52.7 Å². The molecule has 1 unspecified atom stereocenters. The third-order valence-electron chi connectivity index (χ3n) is 4.45. The van der Waals surface area contributed by atoms with E-state index in [4.69, 9.17) is 0 Å². The molecule has 0 spiro atoms. The Morgan fingerprint density at radius 1 is 0.952 bits per heavy atom. The predicted molar refractivity (Wildman–Crippen MR) is 90.2 cm³/mol. The highest BCUT2D eigenvalue weighted by atomic mass is 15.0. The van der Waals surface area contributed by atoms with Gasteiger partial charge in [-0.3, -0.25) is 0 Å². The summed E-state index contributed by atoms with van der Waals surface area (Å²) in [4.78, 5) is 0. The first-order valence-corrected chi connectivity index (χ1v) is 8.22. The molecule has 0 fully saturated rings. The fourth-order valence-corrected chi connectivity index (χ4v) is 3.11. The summed E-state index contributed by atoms with van der Waals surface area (Å²) in [5, 5.41) is 3.79. The highest BCUT2D eigenvalue weighted by molar-refractivity contribution is 5.20. The molecule has 1 N–H and O–H groups in total. The number of rotatable bonds is 8. The molecule has 1 atom stereocenters. The van der Waals surface area contributed by atoms with Gasteiger partial charge in [-0.2, -0.15) is 0 Å². The maximum absolute atomic E-state index is 3.79. The number of benzene rings is 1. The molecule has 0 aliphatic heterocycles. The fraction of sp³-hybridized carbons (Fsp3) is 0.474. The molecule has 1 aromatic heterocycles. The van der Waals surface area contributed by atoms with E-state index in [2.05, 4.69) is 79.3 Å². The van der Waals surface area contributed by atoms with Gasteiger partial charge >= 0.3 is 0 Å². The Morgan fingerprint density at radius 2 is 1.67 bits per heavy atom. The minimum Gasteiger partial charge on any atom is -0.351 e. The summed E-state index contributed by atoms with van der Waals surface area (Å²) >= 11 is 0. The van der Waals surface area contributed by atoms with Gasteiger partial charge in [0.1, 0.15) is 0 Å². The molecule has 0 bridgehead atoms. The Labute approximate surface area is 129 Å². The van der Waals surface area contributed by atoms with E-state index in [9.17, 15) is 0 Å². The number of hydrogen-bond donors (Lipinski definition) is 1. The Bertz CT molecular complexity index is 511. The van der Waals surface area contributed by atoms with Gasteiger partial charge in [0.2, 0.25) is 0 Å². The van der Waals surface area contributed by atoms with Crippen LogP contribution in [0.15, 0.2) is 48.7 Å². The highest BCUT2D eigenvalue weighted by Crippen LogP contribution is 2.27. The second kappa shape index (κ2) is 8.04. The second-order valence-electron chi connectivity index (χ2n) is 5.63. The molecule has 0 aliphatic rings. The van der Waals surface area contributed by atoms with Crippen molar-refractivity contribution in [3.05, 3.63) is 59.9 Å². The zero-order chi connectivity index (χ0) is 15.1. The lowest BCUT2D eigenvalue weighted by atomic mass is 9.89. The molecule has 0 radical (unpaired) electrons. The standard InChI is InChI=1S/C19H28N2/c1-4-16(5-2)19(17-11-8-7-9-12-17)20-15-18-13-10-14-21(18)6-3/h7-14,16,19-20H,4-6,15H2,1-3H3. The van der Waals surface area contributed by atoms with Crippen LogP contribution in [-0.4, -0.2) is 4.57 Å². The van der Waals surface area contributed by atoms with Crippen molar-refractivity contribution in [2.24, 2.45) is 5.92 Å². The van der Waals surface area contributed by atoms with Gasteiger partial charge in [0, 0.05) is 31.0 Å². The van der Waals surface area contributed by atoms with Gasteiger partial charge in [-0.1, -0.05) is 57.0 Å². The molecule has 2 aromatic rings. The minimum atomic E-state index is 0.432. The van der Waals surface area contributed by atoms with Gasteiger partial charge in [0.25, 0.3) is 0 Å². The van der Waals surface area contributed by atoms with Crippen LogP contribution in [0.5, 0.6) is 0 Å². The molecule has 0 saturated heterocycles. The van der Waals surface area contributed by atoms with E-state index in [0.29, 0.717) is 12.0 Å². The number of aromatic nitrogens is 1. The van der Waals surface area contributed by atoms with Gasteiger partial charge in [0.15, 0.2) is 0 Å². The number of hydrogen-bond acceptors (Lipinski definition) is 1. The summed E-state index contributed by atoms with van der Waals surface area (Å²) in [5.74, 6) is 0.678. The van der Waals surface area contributed by atoms with Crippen LogP contribution in [0.1, 0.15) is 50.9 Å². The molecule has 2 heteroatoms. The summed E-state index contributed by atoms with van der Waals surface area (Å²) in [6, 6.07) is 15.6. The average molecular weight is 284 g/mol. The van der Waals surface area contributed by atoms with Crippen molar-refractivity contribution in [2.75, 3.05) is 0 Å². The normalized spacial score (nSPS) is 12.8. The van der Waals surface area contributed by atoms with Crippen molar-refractivity contribution in [3.63, 3.8) is 0 Å². The Balaban J connectivity index is 2.13. The third-order valence-corrected chi connectivity index (χ3v) is 4.45. The summed E-state index contributed by atoms with van der Waals surface area (Å²) in [7, 11) is 0. The van der Waals surface area contributed by atoms with Gasteiger partial charge in [-0.05, 0) is 30.5 Å². The summed E-state index contributed by atoms with van der Waals surface area (Å²) in [5.41, 5.74) is 2.77. The predicted octanol–water partition coefficient (Wildman–Crippen LogP) is 4.78. The first-order valence-electron chi connectivity index (χ1n) is 8.22. The fourth-order valence-electron chi connectivity index (χ4n) is 3.11. The van der Waals surface area contributed by atoms with Crippen LogP contribution >= 0.6 is 0 Å². The van der Waals surface area contributed by atoms with E-state index in [1.165, 1.54) is 24.1 Å². The molecule has 21 heavy (non-hydrogen) atoms. The zero-order valence-electron chi connectivity index (χ0n) is 13.5. The van der Waals surface area contributed by atoms with E-state index in [0.717, 1.165) is 13.1 Å². The van der Waals surface area contributed by atoms with E-state index in [-0.39, 0.29) is 0 Å². The first-order chi connectivity index (χ1) is 10.3. The van der Waals surface area contributed by atoms with E-state index in [1.54, 1.807) is 0 Å². The SMILES string of the molecule is CCC(CC)C(NCc1cccn1CC)c1ccccc1. The molecule has 1 aromatic carbocycles. The Hall–Kier alpha value is -1.54. The molecule has 0 amide bonds. The van der Waals surface area contributed by atoms with Crippen molar-refractivity contribution in [1.82, 2.24) is 9.88 Å². The molecule has 1 heterocycles. The number of nitrogens with zero attached hydrogens (tertiary/aromatic N) is 1. The number of aryl methyl sites for hydroxylation is 1. The van der Waals surface area contributed by atoms with Crippen LogP contribution in [0.2, 0.25) is 0 Å². The molecular formula is C19H28N2. The van der Waals surface area contributed by atoms with Crippen LogP contribution in [-0.2, 0) is 13.1 Å². The van der Waals surface area contributed by atoms with Crippen molar-refractivity contribution in [1.29, 1.82) is 0 Å². The Kier molecular flexibility index (Phi) is 6.06. The van der Waals surface area contributed by atoms with E-state index < -0.39 is 0 Å². The average Bonchev–Trinajstić information content (AvgIpc) is 2.99. The van der Waals surface area contributed by atoms with E-state index in [1.807, 2.05) is 0 Å². The van der Waals surface area contributed by atoms with Crippen molar-refractivity contribution >= 4 is 0 Å². The Morgan fingerprint density at radius 3 is 2.29 bits per heavy atom. The first kappa shape index (κ1) is 15.8. The van der Waals surface area contributed by atoms with Gasteiger partial charge in [0.05, 0.1) is 0 Å². The van der Waals surface area contributed by atoms with E-state index >= 15 is 0 Å². The van der Waals surface area contributed by atoms with Gasteiger partial charge in [-0.25, -0.2) is 0 Å². The molecule has 0 aliphatic carbocycles. The van der Waals surface area contributed by atoms with Crippen LogP contribution < -0.4 is 5.32 Å². The molecule has 0 saturated carbocycles. The summed E-state index contributed by atoms with van der Waals surface area (Å²) < 4.78 is 2.31. The summed E-state index contributed by atoms with van der Waals surface area (Å²) in [6.07, 6.45) is 4.57. The second-order valence-corrected chi connectivity index (χ2v) is 5.63. The molecule has 2 nitrogen and oxygen atoms in total. The van der Waals surface area contributed by atoms with Crippen LogP contribution in [0.25, 0.3) is 0 Å². The van der Waals surface area contributed by atoms with Crippen molar-refractivity contribution in [3.8, 4) is 0 Å². The third kappa shape index (κ3) is 3.98. The topological polar surface area (TPSA) is 17.0 Å². The smallest absolute Gasteiger partial charge is 0.0364 e. The lowest BCUT2D eigenvalue weighted by Crippen LogP contribution is -2.28. The quantitative estimate of drug-likeness (QED) is 0.738. The number of nitrogens with one attached hydrogen (secondary N) is 1. The minimum absolute atomic E-state index is 0.432. The van der Waals surface area contributed by atoms with Crippen LogP contribution in [0, 0.1) is 5.92 Å². The lowest BCUT2D eigenvalue weighted by Gasteiger charge is -2.27. The maximum atomic E-state index is 3.79. The summed E-state index contributed by atoms with van der Waals surface area (Å²) in [6.45, 7) is 8.74. The molecular weight excluding hydrogens is 256 g/mol.